The molecule has 0 amide bonds. The number of hydrogen-bond donors (Lipinski definition) is 1. The molecule has 0 atom stereocenters. The highest BCUT2D eigenvalue weighted by Crippen LogP contribution is 2.49. The van der Waals surface area contributed by atoms with Crippen molar-refractivity contribution in [3.8, 4) is 11.5 Å². The van der Waals surface area contributed by atoms with E-state index in [1.165, 1.54) is 0 Å². The summed E-state index contributed by atoms with van der Waals surface area (Å²) in [4.78, 5) is 8.52. The van der Waals surface area contributed by atoms with Gasteiger partial charge in [0.05, 0.1) is 13.2 Å². The number of aromatic nitrogens is 2. The largest absolute Gasteiger partial charge is 0.420 e. The van der Waals surface area contributed by atoms with E-state index in [2.05, 4.69) is 15.3 Å². The van der Waals surface area contributed by atoms with E-state index in [9.17, 15) is 4.57 Å². The Labute approximate surface area is 168 Å². The molecule has 7 nitrogen and oxygen atoms in total. The molecule has 0 aliphatic carbocycles. The van der Waals surface area contributed by atoms with E-state index >= 15 is 0 Å². The second kappa shape index (κ2) is 9.34. The summed E-state index contributed by atoms with van der Waals surface area (Å²) >= 11 is 5.95. The van der Waals surface area contributed by atoms with E-state index in [1.807, 2.05) is 12.1 Å². The Balaban J connectivity index is 1.99. The van der Waals surface area contributed by atoms with Gasteiger partial charge in [-0.3, -0.25) is 9.55 Å². The molecule has 3 aromatic rings. The molecule has 148 valence electrons. The van der Waals surface area contributed by atoms with Gasteiger partial charge in [0.15, 0.2) is 0 Å². The normalized spacial score (nSPS) is 11.5. The Morgan fingerprint density at radius 2 is 1.86 bits per heavy atom. The van der Waals surface area contributed by atoms with Crippen LogP contribution < -0.4 is 10.8 Å². The first kappa shape index (κ1) is 20.6. The van der Waals surface area contributed by atoms with Crippen molar-refractivity contribution in [3.05, 3.63) is 59.4 Å². The maximum Gasteiger partial charge on any atom is 0.385 e. The monoisotopic (exact) mass is 421 g/mol. The average molecular weight is 422 g/mol. The molecule has 0 radical (unpaired) electrons. The SMILES string of the molecule is CCOP(=O)(OCC)c1nc(-c2ccc(Cl)cc2)oc1NCc1cccnc1. The molecule has 28 heavy (non-hydrogen) atoms. The maximum atomic E-state index is 13.3. The molecular formula is C19H21ClN3O4P. The topological polar surface area (TPSA) is 86.5 Å². The van der Waals surface area contributed by atoms with Crippen LogP contribution in [0.1, 0.15) is 19.4 Å². The summed E-state index contributed by atoms with van der Waals surface area (Å²) in [5.41, 5.74) is 1.74. The molecule has 0 fully saturated rings. The van der Waals surface area contributed by atoms with Gasteiger partial charge in [0.1, 0.15) is 0 Å². The number of rotatable bonds is 9. The first-order valence-corrected chi connectivity index (χ1v) is 10.8. The summed E-state index contributed by atoms with van der Waals surface area (Å²) in [5, 5.41) is 3.72. The molecule has 0 saturated carbocycles. The molecular weight excluding hydrogens is 401 g/mol. The van der Waals surface area contributed by atoms with E-state index in [-0.39, 0.29) is 24.5 Å². The molecule has 0 saturated heterocycles. The van der Waals surface area contributed by atoms with E-state index in [4.69, 9.17) is 25.1 Å². The highest BCUT2D eigenvalue weighted by atomic mass is 35.5. The minimum Gasteiger partial charge on any atom is -0.420 e. The number of pyridine rings is 1. The Hall–Kier alpha value is -2.18. The number of nitrogens with one attached hydrogen (secondary N) is 1. The molecule has 2 heterocycles. The van der Waals surface area contributed by atoms with Crippen molar-refractivity contribution in [2.75, 3.05) is 18.5 Å². The van der Waals surface area contributed by atoms with Gasteiger partial charge in [0, 0.05) is 29.5 Å². The summed E-state index contributed by atoms with van der Waals surface area (Å²) in [7, 11) is -3.65. The molecule has 2 aromatic heterocycles. The molecule has 1 N–H and O–H groups in total. The van der Waals surface area contributed by atoms with Crippen LogP contribution in [-0.2, 0) is 20.2 Å². The molecule has 0 aliphatic heterocycles. The van der Waals surface area contributed by atoms with Gasteiger partial charge in [0.25, 0.3) is 0 Å². The number of benzene rings is 1. The fourth-order valence-electron chi connectivity index (χ4n) is 2.51. The van der Waals surface area contributed by atoms with Crippen molar-refractivity contribution in [1.82, 2.24) is 9.97 Å². The summed E-state index contributed by atoms with van der Waals surface area (Å²) < 4.78 is 30.1. The van der Waals surface area contributed by atoms with Crippen molar-refractivity contribution >= 4 is 30.5 Å². The van der Waals surface area contributed by atoms with Gasteiger partial charge in [0.2, 0.25) is 17.2 Å². The van der Waals surface area contributed by atoms with Gasteiger partial charge in [-0.05, 0) is 49.7 Å². The Kier molecular flexibility index (Phi) is 6.86. The number of halogens is 1. The van der Waals surface area contributed by atoms with Gasteiger partial charge < -0.3 is 18.8 Å². The van der Waals surface area contributed by atoms with E-state index in [0.717, 1.165) is 5.56 Å². The third-order valence-electron chi connectivity index (χ3n) is 3.73. The number of oxazole rings is 1. The smallest absolute Gasteiger partial charge is 0.385 e. The third-order valence-corrected chi connectivity index (χ3v) is 6.00. The van der Waals surface area contributed by atoms with Crippen LogP contribution in [-0.4, -0.2) is 23.2 Å². The Morgan fingerprint density at radius 3 is 2.46 bits per heavy atom. The highest BCUT2D eigenvalue weighted by molar-refractivity contribution is 7.62. The van der Waals surface area contributed by atoms with Crippen LogP contribution in [0.5, 0.6) is 0 Å². The lowest BCUT2D eigenvalue weighted by Gasteiger charge is -2.15. The maximum absolute atomic E-state index is 13.3. The van der Waals surface area contributed by atoms with E-state index in [1.54, 1.807) is 50.5 Å². The molecule has 0 bridgehead atoms. The van der Waals surface area contributed by atoms with E-state index in [0.29, 0.717) is 23.0 Å². The van der Waals surface area contributed by atoms with Crippen LogP contribution in [0.4, 0.5) is 5.88 Å². The zero-order chi connectivity index (χ0) is 20.0. The molecule has 3 rings (SSSR count). The molecule has 9 heteroatoms. The first-order valence-electron chi connectivity index (χ1n) is 8.85. The van der Waals surface area contributed by atoms with Crippen molar-refractivity contribution in [3.63, 3.8) is 0 Å². The third kappa shape index (κ3) is 4.80. The van der Waals surface area contributed by atoms with Crippen molar-refractivity contribution < 1.29 is 18.0 Å². The summed E-state index contributed by atoms with van der Waals surface area (Å²) in [5.74, 6) is 0.527. The fraction of sp³-hybridized carbons (Fsp3) is 0.263. The first-order chi connectivity index (χ1) is 13.6. The highest BCUT2D eigenvalue weighted by Gasteiger charge is 2.35. The van der Waals surface area contributed by atoms with Gasteiger partial charge in [-0.15, -0.1) is 0 Å². The van der Waals surface area contributed by atoms with Gasteiger partial charge in [-0.2, -0.15) is 4.98 Å². The van der Waals surface area contributed by atoms with Gasteiger partial charge in [-0.1, -0.05) is 17.7 Å². The van der Waals surface area contributed by atoms with E-state index < -0.39 is 7.60 Å². The molecule has 1 aromatic carbocycles. The second-order valence-corrected chi connectivity index (χ2v) is 8.10. The zero-order valence-electron chi connectivity index (χ0n) is 15.6. The zero-order valence-corrected chi connectivity index (χ0v) is 17.2. The standard InChI is InChI=1S/C19H21ClN3O4P/c1-3-25-28(24,26-4-2)19-18(22-13-14-6-5-11-21-12-14)27-17(23-19)15-7-9-16(20)10-8-15/h5-12,22H,3-4,13H2,1-2H3. The predicted molar refractivity (Wildman–Crippen MR) is 109 cm³/mol. The van der Waals surface area contributed by atoms with Crippen LogP contribution in [0, 0.1) is 0 Å². The quantitative estimate of drug-likeness (QED) is 0.492. The molecule has 0 unspecified atom stereocenters. The molecule has 0 aliphatic rings. The van der Waals surface area contributed by atoms with Crippen LogP contribution in [0.2, 0.25) is 5.02 Å². The Bertz CT molecular complexity index is 938. The lowest BCUT2D eigenvalue weighted by atomic mass is 10.2. The second-order valence-electron chi connectivity index (χ2n) is 5.73. The predicted octanol–water partition coefficient (Wildman–Crippen LogP) is 4.89. The number of nitrogens with zero attached hydrogens (tertiary/aromatic N) is 2. The van der Waals surface area contributed by atoms with Gasteiger partial charge in [-0.25, -0.2) is 0 Å². The summed E-state index contributed by atoms with van der Waals surface area (Å²) in [6.07, 6.45) is 3.42. The van der Waals surface area contributed by atoms with Crippen LogP contribution in [0.3, 0.4) is 0 Å². The Morgan fingerprint density at radius 1 is 1.14 bits per heavy atom. The van der Waals surface area contributed by atoms with Crippen molar-refractivity contribution in [2.24, 2.45) is 0 Å². The lowest BCUT2D eigenvalue weighted by Crippen LogP contribution is -2.16. The van der Waals surface area contributed by atoms with Crippen molar-refractivity contribution in [1.29, 1.82) is 0 Å². The van der Waals surface area contributed by atoms with Crippen LogP contribution >= 0.6 is 19.2 Å². The van der Waals surface area contributed by atoms with Crippen molar-refractivity contribution in [2.45, 2.75) is 20.4 Å². The minimum atomic E-state index is -3.65. The number of anilines is 1. The lowest BCUT2D eigenvalue weighted by molar-refractivity contribution is 0.229. The average Bonchev–Trinajstić information content (AvgIpc) is 3.13. The van der Waals surface area contributed by atoms with Crippen LogP contribution in [0.15, 0.2) is 53.2 Å². The molecule has 0 spiro atoms. The number of hydrogen-bond acceptors (Lipinski definition) is 7. The van der Waals surface area contributed by atoms with Gasteiger partial charge >= 0.3 is 7.60 Å². The summed E-state index contributed by atoms with van der Waals surface area (Å²) in [6, 6.07) is 10.8. The minimum absolute atomic E-state index is 0.116. The van der Waals surface area contributed by atoms with Crippen LogP contribution in [0.25, 0.3) is 11.5 Å². The fourth-order valence-corrected chi connectivity index (χ4v) is 4.22. The summed E-state index contributed by atoms with van der Waals surface area (Å²) in [6.45, 7) is 4.32.